The lowest BCUT2D eigenvalue weighted by molar-refractivity contribution is -0.169. The van der Waals surface area contributed by atoms with Gasteiger partial charge in [-0.15, -0.1) is 0 Å². The van der Waals surface area contributed by atoms with E-state index in [2.05, 4.69) is 0 Å². The number of esters is 2. The Hall–Kier alpha value is -3.34. The van der Waals surface area contributed by atoms with E-state index < -0.39 is 36.5 Å². The molecule has 0 unspecified atom stereocenters. The van der Waals surface area contributed by atoms with Crippen molar-refractivity contribution in [1.29, 1.82) is 0 Å². The van der Waals surface area contributed by atoms with Crippen molar-refractivity contribution >= 4 is 24.2 Å². The van der Waals surface area contributed by atoms with Crippen LogP contribution >= 0.6 is 0 Å². The van der Waals surface area contributed by atoms with Gasteiger partial charge in [-0.2, -0.15) is 0 Å². The third-order valence-electron chi connectivity index (χ3n) is 6.79. The molecule has 2 N–H and O–H groups in total. The Kier molecular flexibility index (Phi) is 15.0. The first-order valence-corrected chi connectivity index (χ1v) is 14.6. The maximum absolute atomic E-state index is 12.7. The largest absolute Gasteiger partial charge is 0.513 e. The zero-order chi connectivity index (χ0) is 30.2. The standard InChI is InChI=1S/C30H45NO10/c1-5-7-16-36-29(34)40-25-15-14-22(19-26(25)41-30(35)37-17-8-6-2)18-24(31)28(33)39-21(4)20(3)38-27(32)23-12-10-9-11-13-23/h14-15,19-21,23-24H,5-13,16-18,31H2,1-4H3/t20-,21-,24-/m0/s1. The number of ether oxygens (including phenoxy) is 6. The summed E-state index contributed by atoms with van der Waals surface area (Å²) >= 11 is 0. The molecular formula is C30H45NO10. The average molecular weight is 580 g/mol. The van der Waals surface area contributed by atoms with Crippen LogP contribution in [0.15, 0.2) is 18.2 Å². The molecule has 1 aliphatic rings. The molecule has 1 saturated carbocycles. The van der Waals surface area contributed by atoms with Crippen LogP contribution in [0.5, 0.6) is 11.5 Å². The summed E-state index contributed by atoms with van der Waals surface area (Å²) in [6, 6.07) is 3.36. The lowest BCUT2D eigenvalue weighted by Crippen LogP contribution is -2.40. The van der Waals surface area contributed by atoms with Crippen molar-refractivity contribution in [3.63, 3.8) is 0 Å². The zero-order valence-corrected chi connectivity index (χ0v) is 24.7. The highest BCUT2D eigenvalue weighted by Crippen LogP contribution is 2.30. The monoisotopic (exact) mass is 579 g/mol. The molecule has 11 heteroatoms. The summed E-state index contributed by atoms with van der Waals surface area (Å²) in [5.74, 6) is -1.20. The topological polar surface area (TPSA) is 150 Å². The maximum atomic E-state index is 12.7. The lowest BCUT2D eigenvalue weighted by Gasteiger charge is -2.26. The molecule has 11 nitrogen and oxygen atoms in total. The summed E-state index contributed by atoms with van der Waals surface area (Å²) in [5, 5.41) is 0. The molecule has 230 valence electrons. The number of rotatable bonds is 15. The van der Waals surface area contributed by atoms with Crippen molar-refractivity contribution in [1.82, 2.24) is 0 Å². The van der Waals surface area contributed by atoms with Gasteiger partial charge in [0.2, 0.25) is 0 Å². The highest BCUT2D eigenvalue weighted by molar-refractivity contribution is 5.76. The van der Waals surface area contributed by atoms with Gasteiger partial charge in [0.1, 0.15) is 18.2 Å². The van der Waals surface area contributed by atoms with Gasteiger partial charge in [0.15, 0.2) is 11.5 Å². The summed E-state index contributed by atoms with van der Waals surface area (Å²) in [6.45, 7) is 7.60. The molecule has 1 aliphatic carbocycles. The molecule has 3 atom stereocenters. The van der Waals surface area contributed by atoms with Crippen LogP contribution in [-0.2, 0) is 35.0 Å². The van der Waals surface area contributed by atoms with Crippen LogP contribution in [0.4, 0.5) is 9.59 Å². The van der Waals surface area contributed by atoms with Gasteiger partial charge in [-0.25, -0.2) is 9.59 Å². The van der Waals surface area contributed by atoms with Crippen molar-refractivity contribution in [2.75, 3.05) is 13.2 Å². The first kappa shape index (κ1) is 33.9. The molecule has 0 bridgehead atoms. The lowest BCUT2D eigenvalue weighted by atomic mass is 9.89. The molecule has 0 aromatic heterocycles. The second-order valence-corrected chi connectivity index (χ2v) is 10.3. The van der Waals surface area contributed by atoms with E-state index in [4.69, 9.17) is 34.2 Å². The van der Waals surface area contributed by atoms with Gasteiger partial charge in [0, 0.05) is 0 Å². The molecular weight excluding hydrogens is 534 g/mol. The Bertz CT molecular complexity index is 991. The van der Waals surface area contributed by atoms with Crippen LogP contribution in [0.1, 0.15) is 91.0 Å². The van der Waals surface area contributed by atoms with Gasteiger partial charge >= 0.3 is 24.2 Å². The van der Waals surface area contributed by atoms with Gasteiger partial charge < -0.3 is 34.2 Å². The molecule has 2 rings (SSSR count). The van der Waals surface area contributed by atoms with Gasteiger partial charge in [0.25, 0.3) is 0 Å². The number of carbonyl (C=O) groups is 4. The molecule has 1 aromatic rings. The second kappa shape index (κ2) is 18.2. The molecule has 0 spiro atoms. The van der Waals surface area contributed by atoms with E-state index in [-0.39, 0.29) is 43.0 Å². The number of nitrogens with two attached hydrogens (primary N) is 1. The number of unbranched alkanes of at least 4 members (excludes halogenated alkanes) is 2. The molecule has 0 radical (unpaired) electrons. The van der Waals surface area contributed by atoms with E-state index >= 15 is 0 Å². The fraction of sp³-hybridized carbons (Fsp3) is 0.667. The number of hydrogen-bond donors (Lipinski definition) is 1. The molecule has 0 amide bonds. The van der Waals surface area contributed by atoms with E-state index in [1.807, 2.05) is 13.8 Å². The van der Waals surface area contributed by atoms with Gasteiger partial charge in [-0.1, -0.05) is 52.0 Å². The fourth-order valence-electron chi connectivity index (χ4n) is 4.10. The van der Waals surface area contributed by atoms with Gasteiger partial charge in [-0.05, 0) is 63.6 Å². The van der Waals surface area contributed by atoms with Crippen molar-refractivity contribution < 1.29 is 47.6 Å². The molecule has 0 heterocycles. The minimum absolute atomic E-state index is 0.0320. The predicted molar refractivity (Wildman–Crippen MR) is 150 cm³/mol. The summed E-state index contributed by atoms with van der Waals surface area (Å²) < 4.78 is 31.6. The third kappa shape index (κ3) is 12.4. The van der Waals surface area contributed by atoms with Gasteiger partial charge in [0.05, 0.1) is 19.1 Å². The number of hydrogen-bond acceptors (Lipinski definition) is 11. The van der Waals surface area contributed by atoms with Crippen LogP contribution in [0.3, 0.4) is 0 Å². The average Bonchev–Trinajstić information content (AvgIpc) is 2.95. The van der Waals surface area contributed by atoms with Gasteiger partial charge in [-0.3, -0.25) is 9.59 Å². The van der Waals surface area contributed by atoms with E-state index in [0.717, 1.165) is 44.9 Å². The zero-order valence-electron chi connectivity index (χ0n) is 24.7. The Balaban J connectivity index is 2.00. The van der Waals surface area contributed by atoms with E-state index in [0.29, 0.717) is 18.4 Å². The summed E-state index contributed by atoms with van der Waals surface area (Å²) in [5.41, 5.74) is 6.63. The Morgan fingerprint density at radius 3 is 1.98 bits per heavy atom. The van der Waals surface area contributed by atoms with Crippen LogP contribution < -0.4 is 15.2 Å². The van der Waals surface area contributed by atoms with Crippen molar-refractivity contribution in [3.05, 3.63) is 23.8 Å². The van der Waals surface area contributed by atoms with Crippen LogP contribution in [0.2, 0.25) is 0 Å². The number of benzene rings is 1. The van der Waals surface area contributed by atoms with Crippen LogP contribution in [-0.4, -0.2) is 55.7 Å². The second-order valence-electron chi connectivity index (χ2n) is 10.3. The first-order valence-electron chi connectivity index (χ1n) is 14.6. The Morgan fingerprint density at radius 1 is 0.829 bits per heavy atom. The van der Waals surface area contributed by atoms with E-state index in [1.165, 1.54) is 12.1 Å². The first-order chi connectivity index (χ1) is 19.6. The smallest absolute Gasteiger partial charge is 0.459 e. The van der Waals surface area contributed by atoms with Crippen LogP contribution in [0, 0.1) is 5.92 Å². The van der Waals surface area contributed by atoms with E-state index in [1.54, 1.807) is 19.9 Å². The Labute approximate surface area is 242 Å². The Morgan fingerprint density at radius 2 is 1.39 bits per heavy atom. The molecule has 0 saturated heterocycles. The maximum Gasteiger partial charge on any atom is 0.513 e. The molecule has 1 aromatic carbocycles. The van der Waals surface area contributed by atoms with Crippen molar-refractivity contribution in [2.24, 2.45) is 11.7 Å². The highest BCUT2D eigenvalue weighted by Gasteiger charge is 2.28. The number of carbonyl (C=O) groups excluding carboxylic acids is 4. The summed E-state index contributed by atoms with van der Waals surface area (Å²) in [7, 11) is 0. The van der Waals surface area contributed by atoms with E-state index in [9.17, 15) is 19.2 Å². The minimum atomic E-state index is -1.06. The van der Waals surface area contributed by atoms with Crippen LogP contribution in [0.25, 0.3) is 0 Å². The normalized spacial score (nSPS) is 15.6. The molecule has 41 heavy (non-hydrogen) atoms. The predicted octanol–water partition coefficient (Wildman–Crippen LogP) is 5.63. The molecule has 0 aliphatic heterocycles. The summed E-state index contributed by atoms with van der Waals surface area (Å²) in [4.78, 5) is 49.4. The SMILES string of the molecule is CCCCOC(=O)Oc1ccc(C[C@H](N)C(=O)O[C@@H](C)[C@H](C)OC(=O)C2CCCCC2)cc1OC(=O)OCCCC. The third-order valence-corrected chi connectivity index (χ3v) is 6.79. The fourth-order valence-corrected chi connectivity index (χ4v) is 4.10. The summed E-state index contributed by atoms with van der Waals surface area (Å²) in [6.07, 6.45) is 4.58. The highest BCUT2D eigenvalue weighted by atomic mass is 16.7. The molecule has 1 fully saturated rings. The van der Waals surface area contributed by atoms with Crippen molar-refractivity contribution in [3.8, 4) is 11.5 Å². The van der Waals surface area contributed by atoms with Crippen molar-refractivity contribution in [2.45, 2.75) is 110 Å². The minimum Gasteiger partial charge on any atom is -0.459 e. The quantitative estimate of drug-likeness (QED) is 0.119.